The Morgan fingerprint density at radius 1 is 1.33 bits per heavy atom. The molecule has 0 saturated carbocycles. The molecule has 1 aromatic heterocycles. The number of likely N-dealkylation sites (tertiary alicyclic amines) is 1. The zero-order chi connectivity index (χ0) is 15.0. The third kappa shape index (κ3) is 2.14. The van der Waals surface area contributed by atoms with Crippen molar-refractivity contribution in [3.05, 3.63) is 42.1 Å². The Labute approximate surface area is 122 Å². The van der Waals surface area contributed by atoms with Crippen molar-refractivity contribution >= 4 is 22.8 Å². The molecule has 1 N–H and O–H groups in total. The average molecular weight is 284 g/mol. The third-order valence-electron chi connectivity index (χ3n) is 4.20. The van der Waals surface area contributed by atoms with Crippen molar-refractivity contribution in [1.29, 1.82) is 0 Å². The molecule has 1 aliphatic heterocycles. The SMILES string of the molecule is CC1(C(=O)O)CCCN1C(=O)c1ccc2ncccc2c1. The number of carboxylic acid groups (broad SMARTS) is 1. The lowest BCUT2D eigenvalue weighted by atomic mass is 9.98. The number of hydrogen-bond acceptors (Lipinski definition) is 3. The molecule has 1 aromatic carbocycles. The molecule has 0 spiro atoms. The zero-order valence-electron chi connectivity index (χ0n) is 11.7. The van der Waals surface area contributed by atoms with Crippen molar-refractivity contribution in [1.82, 2.24) is 9.88 Å². The first kappa shape index (κ1) is 13.5. The first-order valence-electron chi connectivity index (χ1n) is 6.92. The second kappa shape index (κ2) is 4.84. The van der Waals surface area contributed by atoms with Crippen LogP contribution in [0.15, 0.2) is 36.5 Å². The number of pyridine rings is 1. The summed E-state index contributed by atoms with van der Waals surface area (Å²) >= 11 is 0. The second-order valence-electron chi connectivity index (χ2n) is 5.55. The van der Waals surface area contributed by atoms with E-state index in [1.807, 2.05) is 12.1 Å². The highest BCUT2D eigenvalue weighted by Gasteiger charge is 2.46. The third-order valence-corrected chi connectivity index (χ3v) is 4.20. The van der Waals surface area contributed by atoms with Crippen LogP contribution in [-0.2, 0) is 4.79 Å². The van der Waals surface area contributed by atoms with Crippen molar-refractivity contribution < 1.29 is 14.7 Å². The van der Waals surface area contributed by atoms with Gasteiger partial charge in [-0.25, -0.2) is 4.79 Å². The lowest BCUT2D eigenvalue weighted by Crippen LogP contribution is -2.50. The molecule has 21 heavy (non-hydrogen) atoms. The van der Waals surface area contributed by atoms with Gasteiger partial charge in [-0.05, 0) is 44.0 Å². The molecule has 108 valence electrons. The molecule has 1 unspecified atom stereocenters. The van der Waals surface area contributed by atoms with E-state index < -0.39 is 11.5 Å². The van der Waals surface area contributed by atoms with Gasteiger partial charge in [0.1, 0.15) is 5.54 Å². The fourth-order valence-corrected chi connectivity index (χ4v) is 2.88. The van der Waals surface area contributed by atoms with E-state index >= 15 is 0 Å². The van der Waals surface area contributed by atoms with Crippen molar-refractivity contribution in [3.8, 4) is 0 Å². The Morgan fingerprint density at radius 2 is 2.14 bits per heavy atom. The summed E-state index contributed by atoms with van der Waals surface area (Å²) in [5.74, 6) is -1.18. The van der Waals surface area contributed by atoms with Crippen molar-refractivity contribution in [2.24, 2.45) is 0 Å². The van der Waals surface area contributed by atoms with Gasteiger partial charge in [0.15, 0.2) is 0 Å². The maximum atomic E-state index is 12.7. The second-order valence-corrected chi connectivity index (χ2v) is 5.55. The van der Waals surface area contributed by atoms with Crippen LogP contribution in [0.1, 0.15) is 30.1 Å². The fraction of sp³-hybridized carbons (Fsp3) is 0.312. The molecular formula is C16H16N2O3. The van der Waals surface area contributed by atoms with Gasteiger partial charge < -0.3 is 10.0 Å². The van der Waals surface area contributed by atoms with Crippen LogP contribution < -0.4 is 0 Å². The molecule has 0 bridgehead atoms. The Bertz CT molecular complexity index is 728. The van der Waals surface area contributed by atoms with E-state index in [2.05, 4.69) is 4.98 Å². The van der Waals surface area contributed by atoms with Gasteiger partial charge >= 0.3 is 5.97 Å². The monoisotopic (exact) mass is 284 g/mol. The number of carboxylic acids is 1. The Hall–Kier alpha value is -2.43. The number of rotatable bonds is 2. The summed E-state index contributed by atoms with van der Waals surface area (Å²) in [6, 6.07) is 8.97. The number of benzene rings is 1. The van der Waals surface area contributed by atoms with Gasteiger partial charge in [-0.2, -0.15) is 0 Å². The molecule has 0 aliphatic carbocycles. The van der Waals surface area contributed by atoms with E-state index in [4.69, 9.17) is 0 Å². The summed E-state index contributed by atoms with van der Waals surface area (Å²) in [6.45, 7) is 2.09. The zero-order valence-corrected chi connectivity index (χ0v) is 11.7. The summed E-state index contributed by atoms with van der Waals surface area (Å²) in [6.07, 6.45) is 2.90. The Kier molecular flexibility index (Phi) is 3.12. The predicted molar refractivity (Wildman–Crippen MR) is 78.1 cm³/mol. The molecule has 5 nitrogen and oxygen atoms in total. The number of amides is 1. The highest BCUT2D eigenvalue weighted by atomic mass is 16.4. The minimum absolute atomic E-state index is 0.233. The van der Waals surface area contributed by atoms with Gasteiger partial charge in [0.25, 0.3) is 5.91 Å². The van der Waals surface area contributed by atoms with Crippen LogP contribution in [0.2, 0.25) is 0 Å². The number of nitrogens with zero attached hydrogens (tertiary/aromatic N) is 2. The van der Waals surface area contributed by atoms with Crippen LogP contribution in [0.5, 0.6) is 0 Å². The smallest absolute Gasteiger partial charge is 0.329 e. The lowest BCUT2D eigenvalue weighted by molar-refractivity contribution is -0.147. The molecule has 1 atom stereocenters. The summed E-state index contributed by atoms with van der Waals surface area (Å²) in [4.78, 5) is 29.8. The Balaban J connectivity index is 1.98. The van der Waals surface area contributed by atoms with Crippen LogP contribution in [0.25, 0.3) is 10.9 Å². The first-order chi connectivity index (χ1) is 10.0. The van der Waals surface area contributed by atoms with Gasteiger partial charge in [0.2, 0.25) is 0 Å². The highest BCUT2D eigenvalue weighted by Crippen LogP contribution is 2.31. The number of carbonyl (C=O) groups excluding carboxylic acids is 1. The van der Waals surface area contributed by atoms with Gasteiger partial charge in [-0.15, -0.1) is 0 Å². The average Bonchev–Trinajstić information content (AvgIpc) is 2.89. The normalized spacial score (nSPS) is 21.7. The van der Waals surface area contributed by atoms with Gasteiger partial charge in [-0.1, -0.05) is 6.07 Å². The minimum Gasteiger partial charge on any atom is -0.480 e. The molecule has 2 aromatic rings. The molecule has 3 rings (SSSR count). The van der Waals surface area contributed by atoms with Crippen LogP contribution in [0, 0.1) is 0 Å². The van der Waals surface area contributed by atoms with E-state index in [-0.39, 0.29) is 5.91 Å². The van der Waals surface area contributed by atoms with Crippen molar-refractivity contribution in [2.45, 2.75) is 25.3 Å². The van der Waals surface area contributed by atoms with E-state index in [0.29, 0.717) is 24.9 Å². The van der Waals surface area contributed by atoms with Gasteiger partial charge in [-0.3, -0.25) is 9.78 Å². The van der Waals surface area contributed by atoms with Gasteiger partial charge in [0, 0.05) is 23.7 Å². The number of carbonyl (C=O) groups is 2. The summed E-state index contributed by atoms with van der Waals surface area (Å²) in [5, 5.41) is 10.3. The Morgan fingerprint density at radius 3 is 2.90 bits per heavy atom. The summed E-state index contributed by atoms with van der Waals surface area (Å²) < 4.78 is 0. The van der Waals surface area contributed by atoms with Crippen LogP contribution in [-0.4, -0.2) is 39.0 Å². The van der Waals surface area contributed by atoms with Crippen molar-refractivity contribution in [3.63, 3.8) is 0 Å². The molecule has 1 fully saturated rings. The molecule has 5 heteroatoms. The van der Waals surface area contributed by atoms with E-state index in [0.717, 1.165) is 10.9 Å². The fourth-order valence-electron chi connectivity index (χ4n) is 2.88. The van der Waals surface area contributed by atoms with E-state index in [1.165, 1.54) is 4.90 Å². The summed E-state index contributed by atoms with van der Waals surface area (Å²) in [7, 11) is 0. The largest absolute Gasteiger partial charge is 0.480 e. The number of hydrogen-bond donors (Lipinski definition) is 1. The number of aliphatic carboxylic acids is 1. The molecule has 0 radical (unpaired) electrons. The quantitative estimate of drug-likeness (QED) is 0.918. The van der Waals surface area contributed by atoms with Crippen molar-refractivity contribution in [2.75, 3.05) is 6.54 Å². The maximum Gasteiger partial charge on any atom is 0.329 e. The molecule has 1 amide bonds. The van der Waals surface area contributed by atoms with E-state index in [1.54, 1.807) is 31.3 Å². The first-order valence-corrected chi connectivity index (χ1v) is 6.92. The number of aromatic nitrogens is 1. The van der Waals surface area contributed by atoms with Crippen LogP contribution in [0.4, 0.5) is 0 Å². The minimum atomic E-state index is -1.11. The molecule has 1 saturated heterocycles. The molecule has 1 aliphatic rings. The number of fused-ring (bicyclic) bond motifs is 1. The molecule has 2 heterocycles. The maximum absolute atomic E-state index is 12.7. The van der Waals surface area contributed by atoms with Crippen LogP contribution >= 0.6 is 0 Å². The lowest BCUT2D eigenvalue weighted by Gasteiger charge is -2.31. The van der Waals surface area contributed by atoms with Crippen LogP contribution in [0.3, 0.4) is 0 Å². The highest BCUT2D eigenvalue weighted by molar-refractivity contribution is 6.00. The summed E-state index contributed by atoms with van der Waals surface area (Å²) in [5.41, 5.74) is 0.211. The topological polar surface area (TPSA) is 70.5 Å². The predicted octanol–water partition coefficient (Wildman–Crippen LogP) is 2.31. The van der Waals surface area contributed by atoms with E-state index in [9.17, 15) is 14.7 Å². The molecular weight excluding hydrogens is 268 g/mol. The van der Waals surface area contributed by atoms with Gasteiger partial charge in [0.05, 0.1) is 5.52 Å². The standard InChI is InChI=1S/C16H16N2O3/c1-16(15(20)21)7-3-9-18(16)14(19)12-5-6-13-11(10-12)4-2-8-17-13/h2,4-6,8,10H,3,7,9H2,1H3,(H,20,21).